The molecule has 5 heterocycles. The zero-order valence-corrected chi connectivity index (χ0v) is 23.0. The van der Waals surface area contributed by atoms with E-state index in [9.17, 15) is 23.2 Å². The average molecular weight is 560 g/mol. The first-order chi connectivity index (χ1) is 18.7. The monoisotopic (exact) mass is 559 g/mol. The van der Waals surface area contributed by atoms with Crippen LogP contribution in [-0.2, 0) is 20.2 Å². The van der Waals surface area contributed by atoms with Gasteiger partial charge in [0.2, 0.25) is 11.8 Å². The van der Waals surface area contributed by atoms with E-state index in [1.807, 2.05) is 4.90 Å². The molecule has 210 valence electrons. The highest BCUT2D eigenvalue weighted by atomic mass is 32.1. The number of amides is 3. The number of fused-ring (bicyclic) bond motifs is 2. The third kappa shape index (κ3) is 5.17. The summed E-state index contributed by atoms with van der Waals surface area (Å²) >= 11 is 1.22. The average Bonchev–Trinajstić information content (AvgIpc) is 3.47. The van der Waals surface area contributed by atoms with E-state index in [0.29, 0.717) is 34.9 Å². The number of alkyl halides is 2. The van der Waals surface area contributed by atoms with Crippen LogP contribution >= 0.6 is 11.3 Å². The first kappa shape index (κ1) is 26.6. The van der Waals surface area contributed by atoms with Crippen LogP contribution in [0.2, 0.25) is 0 Å². The van der Waals surface area contributed by atoms with Crippen molar-refractivity contribution in [1.29, 1.82) is 0 Å². The van der Waals surface area contributed by atoms with Crippen molar-refractivity contribution in [3.63, 3.8) is 0 Å². The second kappa shape index (κ2) is 10.4. The van der Waals surface area contributed by atoms with Crippen LogP contribution in [-0.4, -0.2) is 72.0 Å². The second-order valence-electron chi connectivity index (χ2n) is 11.7. The predicted molar refractivity (Wildman–Crippen MR) is 144 cm³/mol. The summed E-state index contributed by atoms with van der Waals surface area (Å²) in [4.78, 5) is 44.4. The lowest BCUT2D eigenvalue weighted by Crippen LogP contribution is -2.60. The Morgan fingerprint density at radius 3 is 2.54 bits per heavy atom. The van der Waals surface area contributed by atoms with Crippen LogP contribution in [0.5, 0.6) is 0 Å². The third-order valence-electron chi connectivity index (χ3n) is 9.08. The van der Waals surface area contributed by atoms with Gasteiger partial charge in [0, 0.05) is 49.5 Å². The quantitative estimate of drug-likeness (QED) is 0.584. The number of carbonyl (C=O) groups excluding carboxylic acids is 3. The summed E-state index contributed by atoms with van der Waals surface area (Å²) in [6.45, 7) is 3.95. The molecule has 0 spiro atoms. The normalized spacial score (nSPS) is 26.8. The van der Waals surface area contributed by atoms with Crippen LogP contribution < -0.4 is 5.32 Å². The molecule has 4 saturated heterocycles. The molecule has 0 bridgehead atoms. The second-order valence-corrected chi connectivity index (χ2v) is 12.7. The molecule has 7 nitrogen and oxygen atoms in total. The topological polar surface area (TPSA) is 79.0 Å². The van der Waals surface area contributed by atoms with Gasteiger partial charge >= 0.3 is 0 Å². The minimum atomic E-state index is -2.96. The molecule has 4 aliphatic rings. The van der Waals surface area contributed by atoms with Crippen molar-refractivity contribution < 1.29 is 27.9 Å². The van der Waals surface area contributed by atoms with E-state index >= 15 is 0 Å². The van der Waals surface area contributed by atoms with E-state index in [1.54, 1.807) is 17.0 Å². The fourth-order valence-corrected chi connectivity index (χ4v) is 7.73. The number of thiophene rings is 1. The van der Waals surface area contributed by atoms with E-state index in [-0.39, 0.29) is 29.3 Å². The van der Waals surface area contributed by atoms with Gasteiger partial charge in [-0.1, -0.05) is 6.07 Å². The maximum Gasteiger partial charge on any atom is 0.270 e. The maximum atomic E-state index is 13.8. The van der Waals surface area contributed by atoms with Gasteiger partial charge in [-0.15, -0.1) is 11.3 Å². The molecule has 0 aliphatic carbocycles. The standard InChI is InChI=1S/C29H35F2N3O4S/c1-29(30,31)20-5-8-24-18(13-20)14-25(39-24)26(35)32-22-4-2-3-21-6-7-23(34(21)27(22)36)28(37)33-15-19(16-33)17-9-11-38-12-10-17/h5,8,13-14,17,19,21-23H,2-4,6-7,9-12,15-16H2,1H3,(H,32,35)/t21-,22?,23-/m0/s1. The Labute approximate surface area is 230 Å². The van der Waals surface area contributed by atoms with Crippen LogP contribution in [0.4, 0.5) is 8.78 Å². The number of carbonyl (C=O) groups is 3. The van der Waals surface area contributed by atoms with E-state index in [1.165, 1.54) is 23.5 Å². The summed E-state index contributed by atoms with van der Waals surface area (Å²) in [6.07, 6.45) is 5.70. The molecule has 39 heavy (non-hydrogen) atoms. The van der Waals surface area contributed by atoms with Crippen LogP contribution in [0.15, 0.2) is 24.3 Å². The van der Waals surface area contributed by atoms with Crippen molar-refractivity contribution >= 4 is 39.1 Å². The molecule has 4 fully saturated rings. The molecule has 3 atom stereocenters. The highest BCUT2D eigenvalue weighted by molar-refractivity contribution is 7.20. The Bertz CT molecular complexity index is 1260. The van der Waals surface area contributed by atoms with Gasteiger partial charge in [0.25, 0.3) is 11.8 Å². The van der Waals surface area contributed by atoms with Crippen molar-refractivity contribution in [2.45, 2.75) is 75.9 Å². The molecule has 0 saturated carbocycles. The zero-order valence-electron chi connectivity index (χ0n) is 22.2. The lowest BCUT2D eigenvalue weighted by Gasteiger charge is -2.46. The first-order valence-corrected chi connectivity index (χ1v) is 14.9. The molecule has 10 heteroatoms. The summed E-state index contributed by atoms with van der Waals surface area (Å²) in [5, 5.41) is 3.48. The largest absolute Gasteiger partial charge is 0.381 e. The summed E-state index contributed by atoms with van der Waals surface area (Å²) in [5.74, 6) is -2.37. The number of hydrogen-bond donors (Lipinski definition) is 1. The number of likely N-dealkylation sites (tertiary alicyclic amines) is 1. The van der Waals surface area contributed by atoms with Gasteiger partial charge in [0.15, 0.2) is 0 Å². The molecular weight excluding hydrogens is 524 g/mol. The number of ether oxygens (including phenoxy) is 1. The number of nitrogens with zero attached hydrogens (tertiary/aromatic N) is 2. The highest BCUT2D eigenvalue weighted by Gasteiger charge is 2.48. The molecule has 1 N–H and O–H groups in total. The van der Waals surface area contributed by atoms with Gasteiger partial charge in [-0.05, 0) is 80.4 Å². The summed E-state index contributed by atoms with van der Waals surface area (Å²) in [6, 6.07) is 4.86. The van der Waals surface area contributed by atoms with Gasteiger partial charge in [-0.3, -0.25) is 14.4 Å². The smallest absolute Gasteiger partial charge is 0.270 e. The van der Waals surface area contributed by atoms with Gasteiger partial charge in [-0.25, -0.2) is 8.78 Å². The summed E-state index contributed by atoms with van der Waals surface area (Å²) < 4.78 is 33.7. The van der Waals surface area contributed by atoms with Gasteiger partial charge in [-0.2, -0.15) is 0 Å². The van der Waals surface area contributed by atoms with Crippen LogP contribution in [0.3, 0.4) is 0 Å². The Morgan fingerprint density at radius 1 is 1.03 bits per heavy atom. The van der Waals surface area contributed by atoms with E-state index in [2.05, 4.69) is 5.32 Å². The maximum absolute atomic E-state index is 13.8. The molecule has 2 aromatic rings. The summed E-state index contributed by atoms with van der Waals surface area (Å²) in [5.41, 5.74) is -0.101. The lowest BCUT2D eigenvalue weighted by atomic mass is 9.80. The molecule has 0 radical (unpaired) electrons. The highest BCUT2D eigenvalue weighted by Crippen LogP contribution is 2.37. The van der Waals surface area contributed by atoms with Gasteiger partial charge < -0.3 is 19.9 Å². The van der Waals surface area contributed by atoms with Gasteiger partial charge in [0.1, 0.15) is 12.1 Å². The van der Waals surface area contributed by atoms with Crippen molar-refractivity contribution in [1.82, 2.24) is 15.1 Å². The minimum Gasteiger partial charge on any atom is -0.381 e. The van der Waals surface area contributed by atoms with Crippen LogP contribution in [0.1, 0.15) is 67.1 Å². The fourth-order valence-electron chi connectivity index (χ4n) is 6.78. The molecule has 4 aliphatic heterocycles. The number of rotatable bonds is 5. The number of halogens is 2. The molecular formula is C29H35F2N3O4S. The number of benzene rings is 1. The molecule has 6 rings (SSSR count). The van der Waals surface area contributed by atoms with Gasteiger partial charge in [0.05, 0.1) is 4.88 Å². The van der Waals surface area contributed by atoms with Crippen LogP contribution in [0.25, 0.3) is 10.1 Å². The predicted octanol–water partition coefficient (Wildman–Crippen LogP) is 4.54. The minimum absolute atomic E-state index is 0.0272. The molecule has 1 unspecified atom stereocenters. The zero-order chi connectivity index (χ0) is 27.3. The van der Waals surface area contributed by atoms with Crippen molar-refractivity contribution in [2.24, 2.45) is 11.8 Å². The number of nitrogens with one attached hydrogen (secondary N) is 1. The fraction of sp³-hybridized carbons (Fsp3) is 0.621. The van der Waals surface area contributed by atoms with E-state index in [0.717, 1.165) is 70.0 Å². The Morgan fingerprint density at radius 2 is 1.79 bits per heavy atom. The summed E-state index contributed by atoms with van der Waals surface area (Å²) in [7, 11) is 0. The SMILES string of the molecule is CC(F)(F)c1ccc2sc(C(=O)NC3CCC[C@H]4CC[C@@H](C(=O)N5CC(C6CCOCC6)C5)N4C3=O)cc2c1. The lowest BCUT2D eigenvalue weighted by molar-refractivity contribution is -0.151. The van der Waals surface area contributed by atoms with E-state index < -0.39 is 18.0 Å². The molecule has 1 aromatic heterocycles. The molecule has 3 amide bonds. The van der Waals surface area contributed by atoms with Crippen LogP contribution in [0, 0.1) is 11.8 Å². The van der Waals surface area contributed by atoms with E-state index in [4.69, 9.17) is 4.74 Å². The Kier molecular flexibility index (Phi) is 7.12. The van der Waals surface area contributed by atoms with Crippen molar-refractivity contribution in [3.8, 4) is 0 Å². The third-order valence-corrected chi connectivity index (χ3v) is 10.2. The van der Waals surface area contributed by atoms with Crippen molar-refractivity contribution in [3.05, 3.63) is 34.7 Å². The van der Waals surface area contributed by atoms with Crippen molar-refractivity contribution in [2.75, 3.05) is 26.3 Å². The number of hydrogen-bond acceptors (Lipinski definition) is 5. The Balaban J connectivity index is 1.12. The molecule has 1 aromatic carbocycles. The Hall–Kier alpha value is -2.59. The first-order valence-electron chi connectivity index (χ1n) is 14.1.